The molecule has 0 spiro atoms. The molecule has 0 radical (unpaired) electrons. The Morgan fingerprint density at radius 1 is 1.11 bits per heavy atom. The highest BCUT2D eigenvalue weighted by Gasteiger charge is 2.21. The Balaban J connectivity index is 2.05. The lowest BCUT2D eigenvalue weighted by molar-refractivity contribution is 0.999. The molecule has 0 saturated heterocycles. The number of rotatable bonds is 1. The first kappa shape index (κ1) is 10.7. The number of nitrogen functional groups attached to an aromatic ring is 1. The summed E-state index contributed by atoms with van der Waals surface area (Å²) in [6.45, 7) is 0.940. The van der Waals surface area contributed by atoms with Gasteiger partial charge in [0.1, 0.15) is 0 Å². The molecular formula is C15H13N3. The predicted molar refractivity (Wildman–Crippen MR) is 72.7 cm³/mol. The minimum Gasteiger partial charge on any atom is -0.397 e. The van der Waals surface area contributed by atoms with Gasteiger partial charge in [-0.05, 0) is 36.2 Å². The second-order valence-corrected chi connectivity index (χ2v) is 4.42. The van der Waals surface area contributed by atoms with E-state index in [0.717, 1.165) is 18.7 Å². The van der Waals surface area contributed by atoms with E-state index in [9.17, 15) is 0 Å². The fraction of sp³-hybridized carbons (Fsp3) is 0.133. The monoisotopic (exact) mass is 235 g/mol. The first-order chi connectivity index (χ1) is 8.79. The fourth-order valence-corrected chi connectivity index (χ4v) is 2.46. The Kier molecular flexibility index (Phi) is 2.42. The van der Waals surface area contributed by atoms with Gasteiger partial charge in [0.25, 0.3) is 0 Å². The second kappa shape index (κ2) is 4.08. The molecule has 1 aliphatic rings. The zero-order valence-electron chi connectivity index (χ0n) is 9.93. The van der Waals surface area contributed by atoms with E-state index < -0.39 is 0 Å². The van der Waals surface area contributed by atoms with E-state index in [-0.39, 0.29) is 0 Å². The molecule has 0 bridgehead atoms. The van der Waals surface area contributed by atoms with Gasteiger partial charge in [-0.2, -0.15) is 5.26 Å². The lowest BCUT2D eigenvalue weighted by Gasteiger charge is -2.21. The topological polar surface area (TPSA) is 53.0 Å². The third-order valence-electron chi connectivity index (χ3n) is 3.33. The van der Waals surface area contributed by atoms with E-state index in [0.29, 0.717) is 11.3 Å². The number of nitrogens with zero attached hydrogens (tertiary/aromatic N) is 2. The van der Waals surface area contributed by atoms with Crippen LogP contribution in [0.15, 0.2) is 42.5 Å². The number of anilines is 3. The summed E-state index contributed by atoms with van der Waals surface area (Å²) < 4.78 is 0. The van der Waals surface area contributed by atoms with Gasteiger partial charge in [-0.3, -0.25) is 0 Å². The predicted octanol–water partition coefficient (Wildman–Crippen LogP) is 2.83. The lowest BCUT2D eigenvalue weighted by Crippen LogP contribution is -2.15. The van der Waals surface area contributed by atoms with Crippen molar-refractivity contribution in [3.8, 4) is 6.07 Å². The number of nitrogens with two attached hydrogens (primary N) is 1. The number of para-hydroxylation sites is 1. The quantitative estimate of drug-likeness (QED) is 0.773. The lowest BCUT2D eigenvalue weighted by atomic mass is 10.1. The molecule has 2 N–H and O–H groups in total. The standard InChI is InChI=1S/C15H13N3/c16-10-11-5-6-15(13(17)9-11)18-8-7-12-3-1-2-4-14(12)18/h1-6,9H,7-8,17H2. The maximum absolute atomic E-state index is 8.86. The summed E-state index contributed by atoms with van der Waals surface area (Å²) in [5.74, 6) is 0. The SMILES string of the molecule is N#Cc1ccc(N2CCc3ccccc32)c(N)c1. The van der Waals surface area contributed by atoms with Gasteiger partial charge in [-0.1, -0.05) is 18.2 Å². The first-order valence-corrected chi connectivity index (χ1v) is 5.94. The van der Waals surface area contributed by atoms with Crippen LogP contribution in [0.3, 0.4) is 0 Å². The van der Waals surface area contributed by atoms with E-state index in [4.69, 9.17) is 11.0 Å². The van der Waals surface area contributed by atoms with Crippen LogP contribution in [0.5, 0.6) is 0 Å². The third kappa shape index (κ3) is 1.59. The van der Waals surface area contributed by atoms with Gasteiger partial charge < -0.3 is 10.6 Å². The molecule has 88 valence electrons. The van der Waals surface area contributed by atoms with Crippen molar-refractivity contribution in [1.29, 1.82) is 5.26 Å². The highest BCUT2D eigenvalue weighted by molar-refractivity contribution is 5.79. The highest BCUT2D eigenvalue weighted by atomic mass is 15.2. The third-order valence-corrected chi connectivity index (χ3v) is 3.33. The Hall–Kier alpha value is -2.47. The molecule has 3 nitrogen and oxygen atoms in total. The normalized spacial score (nSPS) is 13.2. The van der Waals surface area contributed by atoms with Gasteiger partial charge in [-0.15, -0.1) is 0 Å². The molecule has 2 aromatic carbocycles. The van der Waals surface area contributed by atoms with Gasteiger partial charge in [0.05, 0.1) is 23.0 Å². The Bertz CT molecular complexity index is 640. The van der Waals surface area contributed by atoms with Gasteiger partial charge in [0.15, 0.2) is 0 Å². The van der Waals surface area contributed by atoms with Crippen LogP contribution < -0.4 is 10.6 Å². The molecule has 0 amide bonds. The van der Waals surface area contributed by atoms with Crippen LogP contribution in [0.25, 0.3) is 0 Å². The van der Waals surface area contributed by atoms with E-state index in [1.54, 1.807) is 6.07 Å². The zero-order valence-corrected chi connectivity index (χ0v) is 9.93. The molecule has 18 heavy (non-hydrogen) atoms. The van der Waals surface area contributed by atoms with E-state index >= 15 is 0 Å². The Morgan fingerprint density at radius 2 is 1.94 bits per heavy atom. The van der Waals surface area contributed by atoms with Crippen molar-refractivity contribution in [3.63, 3.8) is 0 Å². The van der Waals surface area contributed by atoms with E-state index in [1.807, 2.05) is 18.2 Å². The minimum absolute atomic E-state index is 0.601. The fourth-order valence-electron chi connectivity index (χ4n) is 2.46. The van der Waals surface area contributed by atoms with Crippen LogP contribution in [0, 0.1) is 11.3 Å². The summed E-state index contributed by atoms with van der Waals surface area (Å²) in [5, 5.41) is 8.86. The van der Waals surface area contributed by atoms with Crippen LogP contribution in [-0.2, 0) is 6.42 Å². The van der Waals surface area contributed by atoms with E-state index in [2.05, 4.69) is 29.2 Å². The van der Waals surface area contributed by atoms with Crippen molar-refractivity contribution in [1.82, 2.24) is 0 Å². The Morgan fingerprint density at radius 3 is 2.72 bits per heavy atom. The van der Waals surface area contributed by atoms with Crippen molar-refractivity contribution in [2.24, 2.45) is 0 Å². The van der Waals surface area contributed by atoms with Gasteiger partial charge in [0, 0.05) is 12.2 Å². The summed E-state index contributed by atoms with van der Waals surface area (Å²) in [5.41, 5.74) is 10.9. The van der Waals surface area contributed by atoms with Crippen LogP contribution in [0.4, 0.5) is 17.1 Å². The molecule has 3 heteroatoms. The number of hydrogen-bond acceptors (Lipinski definition) is 3. The summed E-state index contributed by atoms with van der Waals surface area (Å²) >= 11 is 0. The highest BCUT2D eigenvalue weighted by Crippen LogP contribution is 2.37. The molecule has 1 heterocycles. The number of hydrogen-bond donors (Lipinski definition) is 1. The molecule has 1 aliphatic heterocycles. The molecule has 2 aromatic rings. The van der Waals surface area contributed by atoms with Crippen molar-refractivity contribution in [3.05, 3.63) is 53.6 Å². The summed E-state index contributed by atoms with van der Waals surface area (Å²) in [6.07, 6.45) is 1.04. The smallest absolute Gasteiger partial charge is 0.0992 e. The maximum atomic E-state index is 8.86. The summed E-state index contributed by atoms with van der Waals surface area (Å²) in [7, 11) is 0. The molecule has 3 rings (SSSR count). The van der Waals surface area contributed by atoms with Crippen molar-refractivity contribution >= 4 is 17.1 Å². The molecule has 0 atom stereocenters. The molecular weight excluding hydrogens is 222 g/mol. The molecule has 0 aliphatic carbocycles. The van der Waals surface area contributed by atoms with Crippen LogP contribution in [0.2, 0.25) is 0 Å². The maximum Gasteiger partial charge on any atom is 0.0992 e. The average molecular weight is 235 g/mol. The van der Waals surface area contributed by atoms with Crippen LogP contribution >= 0.6 is 0 Å². The largest absolute Gasteiger partial charge is 0.397 e. The van der Waals surface area contributed by atoms with Gasteiger partial charge in [-0.25, -0.2) is 0 Å². The summed E-state index contributed by atoms with van der Waals surface area (Å²) in [4.78, 5) is 2.21. The van der Waals surface area contributed by atoms with Crippen molar-refractivity contribution in [2.45, 2.75) is 6.42 Å². The minimum atomic E-state index is 0.601. The number of fused-ring (bicyclic) bond motifs is 1. The van der Waals surface area contributed by atoms with E-state index in [1.165, 1.54) is 11.3 Å². The van der Waals surface area contributed by atoms with Crippen LogP contribution in [-0.4, -0.2) is 6.54 Å². The molecule has 0 saturated carbocycles. The Labute approximate surface area is 106 Å². The first-order valence-electron chi connectivity index (χ1n) is 5.94. The number of nitriles is 1. The van der Waals surface area contributed by atoms with Gasteiger partial charge >= 0.3 is 0 Å². The van der Waals surface area contributed by atoms with Crippen LogP contribution in [0.1, 0.15) is 11.1 Å². The second-order valence-electron chi connectivity index (χ2n) is 4.42. The van der Waals surface area contributed by atoms with Gasteiger partial charge in [0.2, 0.25) is 0 Å². The number of benzene rings is 2. The average Bonchev–Trinajstić information content (AvgIpc) is 2.82. The summed E-state index contributed by atoms with van der Waals surface area (Å²) in [6, 6.07) is 15.9. The molecule has 0 fully saturated rings. The molecule has 0 aromatic heterocycles. The van der Waals surface area contributed by atoms with Crippen molar-refractivity contribution in [2.75, 3.05) is 17.2 Å². The molecule has 0 unspecified atom stereocenters. The van der Waals surface area contributed by atoms with Crippen molar-refractivity contribution < 1.29 is 0 Å². The zero-order chi connectivity index (χ0) is 12.5.